The van der Waals surface area contributed by atoms with Gasteiger partial charge < -0.3 is 10.2 Å². The van der Waals surface area contributed by atoms with Crippen molar-refractivity contribution < 1.29 is 12.8 Å². The molecule has 0 bridgehead atoms. The summed E-state index contributed by atoms with van der Waals surface area (Å²) >= 11 is 0. The Balaban J connectivity index is 1.86. The largest absolute Gasteiger partial charge is 0.368 e. The number of halogens is 1. The Bertz CT molecular complexity index is 1070. The van der Waals surface area contributed by atoms with Gasteiger partial charge >= 0.3 is 0 Å². The van der Waals surface area contributed by atoms with E-state index < -0.39 is 15.7 Å². The molecule has 0 unspecified atom stereocenters. The van der Waals surface area contributed by atoms with Crippen molar-refractivity contribution in [2.75, 3.05) is 31.1 Å². The lowest BCUT2D eigenvalue weighted by atomic mass is 10.2. The zero-order valence-electron chi connectivity index (χ0n) is 14.2. The van der Waals surface area contributed by atoms with Crippen LogP contribution in [0.1, 0.15) is 0 Å². The van der Waals surface area contributed by atoms with Gasteiger partial charge in [0.15, 0.2) is 10.7 Å². The Morgan fingerprint density at radius 3 is 2.69 bits per heavy atom. The van der Waals surface area contributed by atoms with Crippen LogP contribution in [0.2, 0.25) is 0 Å². The van der Waals surface area contributed by atoms with Crippen LogP contribution in [-0.2, 0) is 16.9 Å². The van der Waals surface area contributed by atoms with E-state index in [0.717, 1.165) is 37.9 Å². The first-order valence-corrected chi connectivity index (χ1v) is 9.74. The SMILES string of the molecule is Cn1nc(S(=O)(=O)c2cccc(F)c2)c2cc(N3CCNCC3)cnc21. The van der Waals surface area contributed by atoms with Crippen molar-refractivity contribution in [3.05, 3.63) is 42.3 Å². The molecule has 0 saturated carbocycles. The van der Waals surface area contributed by atoms with Crippen LogP contribution in [0.15, 0.2) is 46.5 Å². The van der Waals surface area contributed by atoms with Crippen LogP contribution < -0.4 is 10.2 Å². The van der Waals surface area contributed by atoms with Crippen LogP contribution in [-0.4, -0.2) is 49.4 Å². The van der Waals surface area contributed by atoms with Crippen molar-refractivity contribution in [2.45, 2.75) is 9.92 Å². The summed E-state index contributed by atoms with van der Waals surface area (Å²) in [4.78, 5) is 6.43. The molecular weight excluding hydrogens is 357 g/mol. The highest BCUT2D eigenvalue weighted by molar-refractivity contribution is 7.91. The van der Waals surface area contributed by atoms with Gasteiger partial charge in [-0.25, -0.2) is 22.5 Å². The maximum Gasteiger partial charge on any atom is 0.226 e. The lowest BCUT2D eigenvalue weighted by Gasteiger charge is -2.29. The van der Waals surface area contributed by atoms with Gasteiger partial charge in [-0.2, -0.15) is 5.10 Å². The quantitative estimate of drug-likeness (QED) is 0.744. The molecule has 1 saturated heterocycles. The van der Waals surface area contributed by atoms with Gasteiger partial charge in [-0.1, -0.05) is 6.07 Å². The van der Waals surface area contributed by atoms with Gasteiger partial charge in [-0.3, -0.25) is 0 Å². The van der Waals surface area contributed by atoms with Crippen LogP contribution >= 0.6 is 0 Å². The minimum Gasteiger partial charge on any atom is -0.368 e. The molecule has 7 nitrogen and oxygen atoms in total. The number of pyridine rings is 1. The maximum atomic E-state index is 13.5. The topological polar surface area (TPSA) is 80.1 Å². The molecule has 3 aromatic rings. The molecule has 1 N–H and O–H groups in total. The lowest BCUT2D eigenvalue weighted by molar-refractivity contribution is 0.585. The first kappa shape index (κ1) is 16.9. The third-order valence-corrected chi connectivity index (χ3v) is 6.16. The lowest BCUT2D eigenvalue weighted by Crippen LogP contribution is -2.43. The third kappa shape index (κ3) is 2.82. The molecule has 1 fully saturated rings. The predicted octanol–water partition coefficient (Wildman–Crippen LogP) is 1.35. The number of piperazine rings is 1. The average Bonchev–Trinajstić information content (AvgIpc) is 2.99. The molecule has 1 aromatic carbocycles. The maximum absolute atomic E-state index is 13.5. The third-order valence-electron chi connectivity index (χ3n) is 4.47. The fourth-order valence-electron chi connectivity index (χ4n) is 3.14. The van der Waals surface area contributed by atoms with Crippen LogP contribution in [0.3, 0.4) is 0 Å². The molecule has 3 heterocycles. The highest BCUT2D eigenvalue weighted by atomic mass is 32.2. The molecule has 0 aliphatic carbocycles. The molecule has 136 valence electrons. The Morgan fingerprint density at radius 1 is 1.19 bits per heavy atom. The summed E-state index contributed by atoms with van der Waals surface area (Å²) in [5.74, 6) is -0.606. The summed E-state index contributed by atoms with van der Waals surface area (Å²) in [5, 5.41) is 7.78. The van der Waals surface area contributed by atoms with Crippen molar-refractivity contribution in [1.82, 2.24) is 20.1 Å². The van der Waals surface area contributed by atoms with Gasteiger partial charge in [0.25, 0.3) is 0 Å². The summed E-state index contributed by atoms with van der Waals surface area (Å²) in [5.41, 5.74) is 1.32. The van der Waals surface area contributed by atoms with Crippen molar-refractivity contribution in [1.29, 1.82) is 0 Å². The second kappa shape index (κ2) is 6.33. The minimum absolute atomic E-state index is 0.106. The number of hydrogen-bond donors (Lipinski definition) is 1. The average molecular weight is 375 g/mol. The van der Waals surface area contributed by atoms with Gasteiger partial charge in [0.1, 0.15) is 5.82 Å². The second-order valence-corrected chi connectivity index (χ2v) is 8.06. The summed E-state index contributed by atoms with van der Waals surface area (Å²) < 4.78 is 41.0. The highest BCUT2D eigenvalue weighted by Gasteiger charge is 2.26. The number of nitrogens with one attached hydrogen (secondary N) is 1. The van der Waals surface area contributed by atoms with E-state index >= 15 is 0 Å². The first-order valence-electron chi connectivity index (χ1n) is 8.26. The van der Waals surface area contributed by atoms with Gasteiger partial charge in [0.05, 0.1) is 22.2 Å². The molecule has 0 spiro atoms. The first-order chi connectivity index (χ1) is 12.5. The molecule has 1 aliphatic rings. The van der Waals surface area contributed by atoms with Gasteiger partial charge in [-0.05, 0) is 24.3 Å². The van der Waals surface area contributed by atoms with E-state index in [9.17, 15) is 12.8 Å². The fourth-order valence-corrected chi connectivity index (χ4v) is 4.56. The molecule has 2 aromatic heterocycles. The van der Waals surface area contributed by atoms with Gasteiger partial charge in [-0.15, -0.1) is 0 Å². The monoisotopic (exact) mass is 375 g/mol. The van der Waals surface area contributed by atoms with Gasteiger partial charge in [0, 0.05) is 33.2 Å². The summed E-state index contributed by atoms with van der Waals surface area (Å²) in [7, 11) is -2.31. The Hall–Kier alpha value is -2.52. The highest BCUT2D eigenvalue weighted by Crippen LogP contribution is 2.29. The summed E-state index contributed by atoms with van der Waals surface area (Å²) in [6.45, 7) is 3.36. The minimum atomic E-state index is -3.96. The molecule has 0 amide bonds. The van der Waals surface area contributed by atoms with Crippen LogP contribution in [0.25, 0.3) is 11.0 Å². The van der Waals surface area contributed by atoms with E-state index in [0.29, 0.717) is 11.0 Å². The summed E-state index contributed by atoms with van der Waals surface area (Å²) in [6.07, 6.45) is 1.73. The van der Waals surface area contributed by atoms with E-state index in [1.165, 1.54) is 22.9 Å². The van der Waals surface area contributed by atoms with Crippen LogP contribution in [0, 0.1) is 5.82 Å². The molecule has 26 heavy (non-hydrogen) atoms. The van der Waals surface area contributed by atoms with E-state index in [1.54, 1.807) is 19.3 Å². The Kier molecular flexibility index (Phi) is 4.12. The van der Waals surface area contributed by atoms with Crippen LogP contribution in [0.4, 0.5) is 10.1 Å². The predicted molar refractivity (Wildman–Crippen MR) is 95.4 cm³/mol. The Morgan fingerprint density at radius 2 is 1.96 bits per heavy atom. The van der Waals surface area contributed by atoms with Gasteiger partial charge in [0.2, 0.25) is 9.84 Å². The van der Waals surface area contributed by atoms with Crippen molar-refractivity contribution in [3.63, 3.8) is 0 Å². The number of nitrogens with zero attached hydrogens (tertiary/aromatic N) is 4. The Labute approximate surface area is 150 Å². The van der Waals surface area contributed by atoms with Crippen LogP contribution in [0.5, 0.6) is 0 Å². The van der Waals surface area contributed by atoms with E-state index in [2.05, 4.69) is 20.3 Å². The molecule has 9 heteroatoms. The number of sulfone groups is 1. The molecule has 4 rings (SSSR count). The molecular formula is C17H18FN5O2S. The van der Waals surface area contributed by atoms with Crippen molar-refractivity contribution in [3.8, 4) is 0 Å². The molecule has 0 radical (unpaired) electrons. The molecule has 1 aliphatic heterocycles. The number of aromatic nitrogens is 3. The van der Waals surface area contributed by atoms with Crippen molar-refractivity contribution >= 4 is 26.6 Å². The summed E-state index contributed by atoms with van der Waals surface area (Å²) in [6, 6.07) is 6.75. The zero-order valence-corrected chi connectivity index (χ0v) is 15.0. The number of hydrogen-bond acceptors (Lipinski definition) is 6. The number of rotatable bonds is 3. The van der Waals surface area contributed by atoms with E-state index in [-0.39, 0.29) is 9.92 Å². The number of anilines is 1. The standard InChI is InChI=1S/C17H18FN5O2S/c1-22-16-15(10-13(11-20-16)23-7-5-19-6-8-23)17(21-22)26(24,25)14-4-2-3-12(18)9-14/h2-4,9-11,19H,5-8H2,1H3. The fraction of sp³-hybridized carbons (Fsp3) is 0.294. The smallest absolute Gasteiger partial charge is 0.226 e. The van der Waals surface area contributed by atoms with Crippen molar-refractivity contribution in [2.24, 2.45) is 7.05 Å². The molecule has 0 atom stereocenters. The second-order valence-electron chi connectivity index (χ2n) is 6.19. The number of aryl methyl sites for hydroxylation is 1. The van der Waals surface area contributed by atoms with E-state index in [4.69, 9.17) is 0 Å². The number of benzene rings is 1. The van der Waals surface area contributed by atoms with E-state index in [1.807, 2.05) is 0 Å². The zero-order chi connectivity index (χ0) is 18.3. The normalized spacial score (nSPS) is 15.5. The number of fused-ring (bicyclic) bond motifs is 1.